The minimum absolute atomic E-state index is 0.0637. The molecule has 0 saturated heterocycles. The Hall–Kier alpha value is -1.59. The number of hydrogen-bond acceptors (Lipinski definition) is 6. The van der Waals surface area contributed by atoms with Crippen molar-refractivity contribution in [2.45, 2.75) is 278 Å². The van der Waals surface area contributed by atoms with Crippen LogP contribution in [-0.2, 0) is 28.6 Å². The molecular weight excluding hydrogens is 685 g/mol. The molecule has 0 N–H and O–H groups in total. The Labute approximate surface area is 342 Å². The molecule has 326 valence electrons. The summed E-state index contributed by atoms with van der Waals surface area (Å²) >= 11 is 0. The van der Waals surface area contributed by atoms with Crippen LogP contribution >= 0.6 is 0 Å². The van der Waals surface area contributed by atoms with Crippen LogP contribution in [0.2, 0.25) is 0 Å². The minimum Gasteiger partial charge on any atom is -0.462 e. The molecule has 0 fully saturated rings. The van der Waals surface area contributed by atoms with Gasteiger partial charge in [0, 0.05) is 19.3 Å². The average molecular weight is 779 g/mol. The molecule has 0 bridgehead atoms. The minimum atomic E-state index is -0.758. The van der Waals surface area contributed by atoms with Crippen molar-refractivity contribution < 1.29 is 28.6 Å². The lowest BCUT2D eigenvalue weighted by Crippen LogP contribution is -2.30. The maximum absolute atomic E-state index is 12.6. The fourth-order valence-corrected chi connectivity index (χ4v) is 7.33. The summed E-state index contributed by atoms with van der Waals surface area (Å²) < 4.78 is 16.7. The molecule has 0 amide bonds. The standard InChI is InChI=1S/C49H94O6/c1-5-7-9-11-13-14-15-18-22-25-29-32-36-40-47(50)53-43-46(55-49(52)42-38-34-27-12-10-8-6-2)44-54-48(51)41-37-33-30-26-23-20-17-16-19-21-24-28-31-35-39-45(3)4/h45-46H,5-44H2,1-4H3/t46-/m0/s1. The summed E-state index contributed by atoms with van der Waals surface area (Å²) in [7, 11) is 0. The predicted molar refractivity (Wildman–Crippen MR) is 233 cm³/mol. The second kappa shape index (κ2) is 43.5. The van der Waals surface area contributed by atoms with E-state index in [1.54, 1.807) is 0 Å². The smallest absolute Gasteiger partial charge is 0.306 e. The molecule has 0 saturated carbocycles. The van der Waals surface area contributed by atoms with Crippen molar-refractivity contribution in [3.63, 3.8) is 0 Å². The number of ether oxygens (including phenoxy) is 3. The lowest BCUT2D eigenvalue weighted by atomic mass is 10.0. The Morgan fingerprint density at radius 1 is 0.345 bits per heavy atom. The van der Waals surface area contributed by atoms with Crippen LogP contribution in [0.4, 0.5) is 0 Å². The van der Waals surface area contributed by atoms with Crippen molar-refractivity contribution in [2.24, 2.45) is 5.92 Å². The van der Waals surface area contributed by atoms with Gasteiger partial charge in [0.05, 0.1) is 0 Å². The Morgan fingerprint density at radius 3 is 0.891 bits per heavy atom. The number of rotatable bonds is 44. The lowest BCUT2D eigenvalue weighted by Gasteiger charge is -2.18. The molecular formula is C49H94O6. The summed E-state index contributed by atoms with van der Waals surface area (Å²) in [5, 5.41) is 0. The first-order valence-corrected chi connectivity index (χ1v) is 24.4. The van der Waals surface area contributed by atoms with Crippen molar-refractivity contribution in [2.75, 3.05) is 13.2 Å². The molecule has 6 heteroatoms. The highest BCUT2D eigenvalue weighted by Gasteiger charge is 2.19. The first kappa shape index (κ1) is 53.4. The SMILES string of the molecule is CCCCCCCCCCCCCCCC(=O)OC[C@@H](COC(=O)CCCCCCCCCCCCCCCCC(C)C)OC(=O)CCCCCCCCC. The lowest BCUT2D eigenvalue weighted by molar-refractivity contribution is -0.167. The molecule has 0 spiro atoms. The Balaban J connectivity index is 4.18. The second-order valence-corrected chi connectivity index (χ2v) is 17.2. The third-order valence-corrected chi connectivity index (χ3v) is 11.0. The normalized spacial score (nSPS) is 11.9. The topological polar surface area (TPSA) is 78.9 Å². The van der Waals surface area contributed by atoms with E-state index in [9.17, 15) is 14.4 Å². The van der Waals surface area contributed by atoms with Crippen LogP contribution in [0, 0.1) is 5.92 Å². The predicted octanol–water partition coefficient (Wildman–Crippen LogP) is 15.5. The van der Waals surface area contributed by atoms with Gasteiger partial charge in [-0.25, -0.2) is 0 Å². The van der Waals surface area contributed by atoms with Gasteiger partial charge in [-0.15, -0.1) is 0 Å². The van der Waals surface area contributed by atoms with Crippen LogP contribution < -0.4 is 0 Å². The fourth-order valence-electron chi connectivity index (χ4n) is 7.33. The van der Waals surface area contributed by atoms with Gasteiger partial charge in [0.2, 0.25) is 0 Å². The van der Waals surface area contributed by atoms with E-state index in [4.69, 9.17) is 14.2 Å². The number of carbonyl (C=O) groups excluding carboxylic acids is 3. The summed E-state index contributed by atoms with van der Waals surface area (Å²) in [6.07, 6.45) is 43.8. The van der Waals surface area contributed by atoms with E-state index in [0.29, 0.717) is 19.3 Å². The largest absolute Gasteiger partial charge is 0.462 e. The van der Waals surface area contributed by atoms with Crippen molar-refractivity contribution in [3.05, 3.63) is 0 Å². The third-order valence-electron chi connectivity index (χ3n) is 11.0. The molecule has 1 atom stereocenters. The van der Waals surface area contributed by atoms with Crippen molar-refractivity contribution in [1.29, 1.82) is 0 Å². The zero-order valence-electron chi connectivity index (χ0n) is 37.4. The summed E-state index contributed by atoms with van der Waals surface area (Å²) in [6.45, 7) is 8.98. The third kappa shape index (κ3) is 43.4. The van der Waals surface area contributed by atoms with Crippen LogP contribution in [-0.4, -0.2) is 37.2 Å². The first-order valence-electron chi connectivity index (χ1n) is 24.4. The summed E-state index contributed by atoms with van der Waals surface area (Å²) in [5.41, 5.74) is 0. The van der Waals surface area contributed by atoms with E-state index in [1.807, 2.05) is 0 Å². The molecule has 55 heavy (non-hydrogen) atoms. The van der Waals surface area contributed by atoms with Crippen LogP contribution in [0.25, 0.3) is 0 Å². The summed E-state index contributed by atoms with van der Waals surface area (Å²) in [4.78, 5) is 37.7. The molecule has 6 nitrogen and oxygen atoms in total. The van der Waals surface area contributed by atoms with Gasteiger partial charge in [-0.2, -0.15) is 0 Å². The molecule has 0 aromatic heterocycles. The quantitative estimate of drug-likeness (QED) is 0.0348. The molecule has 0 aliphatic heterocycles. The van der Waals surface area contributed by atoms with Crippen molar-refractivity contribution >= 4 is 17.9 Å². The number of unbranched alkanes of at least 4 members (excludes halogenated alkanes) is 31. The molecule has 0 aliphatic rings. The highest BCUT2D eigenvalue weighted by atomic mass is 16.6. The Bertz CT molecular complexity index is 826. The van der Waals surface area contributed by atoms with E-state index in [0.717, 1.165) is 63.7 Å². The van der Waals surface area contributed by atoms with E-state index in [-0.39, 0.29) is 31.1 Å². The van der Waals surface area contributed by atoms with Gasteiger partial charge in [-0.05, 0) is 25.2 Å². The number of hydrogen-bond donors (Lipinski definition) is 0. The van der Waals surface area contributed by atoms with Gasteiger partial charge in [0.1, 0.15) is 13.2 Å². The van der Waals surface area contributed by atoms with Crippen LogP contribution in [0.5, 0.6) is 0 Å². The van der Waals surface area contributed by atoms with Gasteiger partial charge in [0.15, 0.2) is 6.10 Å². The Kier molecular flexibility index (Phi) is 42.3. The van der Waals surface area contributed by atoms with E-state index < -0.39 is 6.10 Å². The summed E-state index contributed by atoms with van der Waals surface area (Å²) in [5.74, 6) is -0.0106. The zero-order chi connectivity index (χ0) is 40.3. The molecule has 0 rings (SSSR count). The Morgan fingerprint density at radius 2 is 0.600 bits per heavy atom. The number of esters is 3. The maximum Gasteiger partial charge on any atom is 0.306 e. The van der Waals surface area contributed by atoms with Crippen LogP contribution in [0.1, 0.15) is 272 Å². The van der Waals surface area contributed by atoms with Gasteiger partial charge < -0.3 is 14.2 Å². The molecule has 0 unspecified atom stereocenters. The van der Waals surface area contributed by atoms with Gasteiger partial charge in [-0.1, -0.05) is 233 Å². The van der Waals surface area contributed by atoms with Crippen LogP contribution in [0.15, 0.2) is 0 Å². The van der Waals surface area contributed by atoms with Crippen molar-refractivity contribution in [1.82, 2.24) is 0 Å². The highest BCUT2D eigenvalue weighted by Crippen LogP contribution is 2.17. The first-order chi connectivity index (χ1) is 26.9. The van der Waals surface area contributed by atoms with Crippen LogP contribution in [0.3, 0.4) is 0 Å². The zero-order valence-corrected chi connectivity index (χ0v) is 37.4. The van der Waals surface area contributed by atoms with E-state index in [2.05, 4.69) is 27.7 Å². The van der Waals surface area contributed by atoms with Gasteiger partial charge in [0.25, 0.3) is 0 Å². The van der Waals surface area contributed by atoms with Crippen molar-refractivity contribution in [3.8, 4) is 0 Å². The average Bonchev–Trinajstić information content (AvgIpc) is 3.17. The molecule has 0 heterocycles. The molecule has 0 aromatic rings. The fraction of sp³-hybridized carbons (Fsp3) is 0.939. The van der Waals surface area contributed by atoms with Gasteiger partial charge >= 0.3 is 17.9 Å². The van der Waals surface area contributed by atoms with E-state index in [1.165, 1.54) is 167 Å². The molecule has 0 aromatic carbocycles. The molecule has 0 radical (unpaired) electrons. The van der Waals surface area contributed by atoms with Gasteiger partial charge in [-0.3, -0.25) is 14.4 Å². The second-order valence-electron chi connectivity index (χ2n) is 17.2. The summed E-state index contributed by atoms with van der Waals surface area (Å²) in [6, 6.07) is 0. The highest BCUT2D eigenvalue weighted by molar-refractivity contribution is 5.71. The van der Waals surface area contributed by atoms with E-state index >= 15 is 0 Å². The number of carbonyl (C=O) groups is 3. The molecule has 0 aliphatic carbocycles. The monoisotopic (exact) mass is 779 g/mol. The maximum atomic E-state index is 12.6.